The van der Waals surface area contributed by atoms with Crippen LogP contribution in [0.4, 0.5) is 5.95 Å². The molecule has 246 valence electrons. The van der Waals surface area contributed by atoms with Gasteiger partial charge < -0.3 is 43.3 Å². The highest BCUT2D eigenvalue weighted by Crippen LogP contribution is 2.54. The lowest BCUT2D eigenvalue weighted by atomic mass is 10.1. The number of nitrogens with one attached hydrogen (secondary N) is 2. The molecule has 2 bridgehead atoms. The maximum absolute atomic E-state index is 12.8. The normalized spacial score (nSPS) is 36.1. The van der Waals surface area contributed by atoms with E-state index >= 15 is 0 Å². The van der Waals surface area contributed by atoms with Gasteiger partial charge >= 0.3 is 13.4 Å². The average molecular weight is 706 g/mol. The number of aliphatic hydroxyl groups excluding tert-OH is 1. The SMILES string of the molecule is CC(C)(C)Nc1nc2c(ncn2[C@@H]2O[C@@H]3COP(O)(=S)O[C@H]4C[C@H](Oc5ccncn5)C[C@@H]4COP(O)(=S)O[C@@H]2[C@@H]3O)c(=O)[nH]1. The van der Waals surface area contributed by atoms with Crippen LogP contribution >= 0.6 is 13.4 Å². The van der Waals surface area contributed by atoms with Crippen molar-refractivity contribution in [3.05, 3.63) is 35.3 Å². The van der Waals surface area contributed by atoms with Crippen molar-refractivity contribution in [2.45, 2.75) is 75.9 Å². The molecule has 3 aromatic heterocycles. The first-order valence-corrected chi connectivity index (χ1v) is 19.2. The Morgan fingerprint density at radius 3 is 2.60 bits per heavy atom. The van der Waals surface area contributed by atoms with Gasteiger partial charge in [-0.3, -0.25) is 18.9 Å². The Morgan fingerprint density at radius 1 is 1.11 bits per heavy atom. The van der Waals surface area contributed by atoms with Crippen LogP contribution in [0.1, 0.15) is 39.8 Å². The summed E-state index contributed by atoms with van der Waals surface area (Å²) in [5, 5.41) is 14.4. The summed E-state index contributed by atoms with van der Waals surface area (Å²) in [6, 6.07) is 1.61. The van der Waals surface area contributed by atoms with E-state index in [1.807, 2.05) is 20.8 Å². The van der Waals surface area contributed by atoms with Crippen molar-refractivity contribution >= 4 is 54.2 Å². The van der Waals surface area contributed by atoms with Gasteiger partial charge in [-0.25, -0.2) is 15.0 Å². The molecule has 5 heterocycles. The highest BCUT2D eigenvalue weighted by Gasteiger charge is 2.50. The van der Waals surface area contributed by atoms with Crippen molar-refractivity contribution in [1.29, 1.82) is 0 Å². The van der Waals surface area contributed by atoms with Gasteiger partial charge in [0.2, 0.25) is 11.8 Å². The van der Waals surface area contributed by atoms with Crippen molar-refractivity contribution in [2.75, 3.05) is 18.5 Å². The fourth-order valence-electron chi connectivity index (χ4n) is 5.42. The van der Waals surface area contributed by atoms with E-state index < -0.39 is 67.7 Å². The number of aromatic nitrogens is 6. The third-order valence-corrected chi connectivity index (χ3v) is 10.5. The van der Waals surface area contributed by atoms with E-state index in [1.165, 1.54) is 17.2 Å². The Morgan fingerprint density at radius 2 is 1.87 bits per heavy atom. The monoisotopic (exact) mass is 705 g/mol. The van der Waals surface area contributed by atoms with Gasteiger partial charge in [-0.15, -0.1) is 0 Å². The zero-order valence-electron chi connectivity index (χ0n) is 24.3. The summed E-state index contributed by atoms with van der Waals surface area (Å²) in [7, 11) is 0. The van der Waals surface area contributed by atoms with Gasteiger partial charge in [0.15, 0.2) is 17.4 Å². The number of H-pyrrole nitrogens is 1. The second-order valence-electron chi connectivity index (χ2n) is 11.9. The number of rotatable bonds is 4. The lowest BCUT2D eigenvalue weighted by molar-refractivity contribution is -0.0511. The third-order valence-electron chi connectivity index (χ3n) is 7.32. The number of aliphatic hydroxyl groups is 1. The van der Waals surface area contributed by atoms with Crippen LogP contribution in [0.25, 0.3) is 11.2 Å². The summed E-state index contributed by atoms with van der Waals surface area (Å²) in [4.78, 5) is 54.3. The average Bonchev–Trinajstić information content (AvgIpc) is 3.61. The van der Waals surface area contributed by atoms with Gasteiger partial charge in [-0.05, 0) is 50.8 Å². The van der Waals surface area contributed by atoms with E-state index in [0.717, 1.165) is 0 Å². The first kappa shape index (κ1) is 32.9. The molecule has 1 aliphatic carbocycles. The van der Waals surface area contributed by atoms with Crippen molar-refractivity contribution in [2.24, 2.45) is 5.92 Å². The number of aromatic amines is 1. The molecule has 3 fully saturated rings. The summed E-state index contributed by atoms with van der Waals surface area (Å²) >= 11 is 10.7. The van der Waals surface area contributed by atoms with Crippen LogP contribution in [-0.2, 0) is 46.4 Å². The molecule has 9 atom stereocenters. The molecular weight excluding hydrogens is 672 g/mol. The number of imidazole rings is 1. The summed E-state index contributed by atoms with van der Waals surface area (Å²) < 4.78 is 36.6. The molecule has 6 rings (SSSR count). The summed E-state index contributed by atoms with van der Waals surface area (Å²) in [5.74, 6) is 0.116. The standard InChI is InChI=1S/C24H33N7O10P2S2/c1-24(2,3)30-23-28-20-17(21(33)29-23)27-11-31(20)22-19-18(32)15(39-22)9-37-42(34,44)40-14-7-13(38-16-4-5-25-10-26-16)6-12(14)8-36-43(35,45)41-19/h4-5,10-15,18-19,22,32H,6-9H2,1-3H3,(H,34,44)(H,35,45)(H2,28,29,30,33)/t12-,13-,14+,15-,18-,19-,22-,42?,43?/m1/s1. The van der Waals surface area contributed by atoms with Crippen LogP contribution in [-0.4, -0.2) is 93.7 Å². The second-order valence-corrected chi connectivity index (χ2v) is 17.5. The molecule has 1 saturated carbocycles. The van der Waals surface area contributed by atoms with E-state index in [2.05, 4.69) is 30.2 Å². The van der Waals surface area contributed by atoms with E-state index in [0.29, 0.717) is 18.7 Å². The number of fused-ring (bicyclic) bond motifs is 4. The predicted octanol–water partition coefficient (Wildman–Crippen LogP) is 1.49. The van der Waals surface area contributed by atoms with Crippen LogP contribution in [0.2, 0.25) is 0 Å². The van der Waals surface area contributed by atoms with E-state index in [1.54, 1.807) is 12.3 Å². The number of anilines is 1. The predicted molar refractivity (Wildman–Crippen MR) is 165 cm³/mol. The Kier molecular flexibility index (Phi) is 9.19. The number of hydrogen-bond acceptors (Lipinski definition) is 15. The van der Waals surface area contributed by atoms with Gasteiger partial charge in [0.05, 0.1) is 25.6 Å². The smallest absolute Gasteiger partial charge is 0.325 e. The third kappa shape index (κ3) is 7.61. The maximum Gasteiger partial charge on any atom is 0.325 e. The van der Waals surface area contributed by atoms with Crippen LogP contribution in [0, 0.1) is 5.92 Å². The number of nitrogens with zero attached hydrogens (tertiary/aromatic N) is 5. The van der Waals surface area contributed by atoms with Crippen molar-refractivity contribution in [3.63, 3.8) is 0 Å². The molecule has 5 N–H and O–H groups in total. The highest BCUT2D eigenvalue weighted by atomic mass is 32.5. The zero-order chi connectivity index (χ0) is 32.1. The number of ether oxygens (including phenoxy) is 2. The summed E-state index contributed by atoms with van der Waals surface area (Å²) in [6.45, 7) is -2.74. The minimum absolute atomic E-state index is 0.00496. The fraction of sp³-hybridized carbons (Fsp3) is 0.625. The molecule has 2 unspecified atom stereocenters. The Labute approximate surface area is 267 Å². The Bertz CT molecular complexity index is 1690. The molecule has 2 aliphatic heterocycles. The largest absolute Gasteiger partial charge is 0.474 e. The van der Waals surface area contributed by atoms with Gasteiger partial charge in [-0.1, -0.05) is 0 Å². The van der Waals surface area contributed by atoms with Gasteiger partial charge in [-0.2, -0.15) is 4.98 Å². The molecule has 3 aromatic rings. The van der Waals surface area contributed by atoms with Crippen LogP contribution in [0.3, 0.4) is 0 Å². The van der Waals surface area contributed by atoms with Crippen molar-refractivity contribution in [1.82, 2.24) is 29.5 Å². The van der Waals surface area contributed by atoms with Gasteiger partial charge in [0, 0.05) is 30.1 Å². The first-order chi connectivity index (χ1) is 21.2. The molecule has 17 nitrogen and oxygen atoms in total. The van der Waals surface area contributed by atoms with Crippen LogP contribution in [0.5, 0.6) is 5.88 Å². The zero-order valence-corrected chi connectivity index (χ0v) is 27.7. The second kappa shape index (κ2) is 12.6. The van der Waals surface area contributed by atoms with E-state index in [-0.39, 0.29) is 29.8 Å². The van der Waals surface area contributed by atoms with Gasteiger partial charge in [0.1, 0.15) is 30.7 Å². The molecule has 2 saturated heterocycles. The quantitative estimate of drug-likeness (QED) is 0.243. The fourth-order valence-corrected chi connectivity index (χ4v) is 8.39. The summed E-state index contributed by atoms with van der Waals surface area (Å²) in [6.07, 6.45) is -1.23. The molecule has 21 heteroatoms. The summed E-state index contributed by atoms with van der Waals surface area (Å²) in [5.41, 5.74) is -0.818. The first-order valence-electron chi connectivity index (χ1n) is 14.0. The Balaban J connectivity index is 1.28. The van der Waals surface area contributed by atoms with Crippen molar-refractivity contribution < 1.29 is 42.5 Å². The molecule has 45 heavy (non-hydrogen) atoms. The maximum atomic E-state index is 12.8. The van der Waals surface area contributed by atoms with Crippen molar-refractivity contribution in [3.8, 4) is 5.88 Å². The topological polar surface area (TPSA) is 217 Å². The number of hydrogen-bond donors (Lipinski definition) is 5. The lowest BCUT2D eigenvalue weighted by Gasteiger charge is -2.28. The highest BCUT2D eigenvalue weighted by molar-refractivity contribution is 8.07. The Hall–Kier alpha value is -1.99. The lowest BCUT2D eigenvalue weighted by Crippen LogP contribution is -2.35. The molecule has 3 aliphatic rings. The molecule has 0 radical (unpaired) electrons. The molecular formula is C24H33N7O10P2S2. The molecule has 0 amide bonds. The molecule has 0 spiro atoms. The van der Waals surface area contributed by atoms with Crippen LogP contribution < -0.4 is 15.6 Å². The van der Waals surface area contributed by atoms with Crippen LogP contribution in [0.15, 0.2) is 29.7 Å². The van der Waals surface area contributed by atoms with Gasteiger partial charge in [0.25, 0.3) is 5.56 Å². The minimum atomic E-state index is -4.03. The molecule has 0 aromatic carbocycles. The van der Waals surface area contributed by atoms with E-state index in [9.17, 15) is 19.7 Å². The minimum Gasteiger partial charge on any atom is -0.474 e. The van der Waals surface area contributed by atoms with E-state index in [4.69, 9.17) is 51.2 Å².